The van der Waals surface area contributed by atoms with Gasteiger partial charge in [-0.15, -0.1) is 0 Å². The first-order valence-corrected chi connectivity index (χ1v) is 21.8. The molecule has 0 radical (unpaired) electrons. The molecule has 4 aromatic heterocycles. The minimum Gasteiger partial charge on any atom is -0.488 e. The van der Waals surface area contributed by atoms with Crippen LogP contribution in [-0.4, -0.2) is 69.1 Å². The Kier molecular flexibility index (Phi) is 16.5. The molecule has 8 rings (SSSR count). The van der Waals surface area contributed by atoms with Crippen molar-refractivity contribution in [3.63, 3.8) is 0 Å². The number of hydrogen-bond acceptors (Lipinski definition) is 10. The zero-order chi connectivity index (χ0) is 49.7. The lowest BCUT2D eigenvalue weighted by molar-refractivity contribution is -0.192. The summed E-state index contributed by atoms with van der Waals surface area (Å²) in [5, 5.41) is 25.9. The van der Waals surface area contributed by atoms with Crippen molar-refractivity contribution in [3.05, 3.63) is 190 Å². The Morgan fingerprint density at radius 1 is 0.551 bits per heavy atom. The number of fused-ring (bicyclic) bond motifs is 2. The number of ether oxygens (including phenoxy) is 3. The molecule has 4 heterocycles. The highest BCUT2D eigenvalue weighted by Crippen LogP contribution is 2.30. The Bertz CT molecular complexity index is 2990. The zero-order valence-corrected chi connectivity index (χ0v) is 38.6. The summed E-state index contributed by atoms with van der Waals surface area (Å²) in [5.41, 5.74) is 6.63. The fourth-order valence-electron chi connectivity index (χ4n) is 6.95. The van der Waals surface area contributed by atoms with E-state index in [0.717, 1.165) is 41.8 Å². The lowest BCUT2D eigenvalue weighted by Crippen LogP contribution is -2.25. The van der Waals surface area contributed by atoms with Gasteiger partial charge in [-0.1, -0.05) is 121 Å². The molecule has 2 N–H and O–H groups in total. The number of carboxylic acids is 2. The molecule has 14 nitrogen and oxygen atoms in total. The summed E-state index contributed by atoms with van der Waals surface area (Å²) in [6.45, 7) is 9.71. The van der Waals surface area contributed by atoms with E-state index in [-0.39, 0.29) is 12.2 Å². The summed E-state index contributed by atoms with van der Waals surface area (Å²) in [5.74, 6) is -2.44. The minimum atomic E-state index is -5.08. The number of carbonyl (C=O) groups is 3. The zero-order valence-electron chi connectivity index (χ0n) is 38.6. The number of esters is 1. The molecule has 8 aromatic rings. The maximum absolute atomic E-state index is 13.2. The highest BCUT2D eigenvalue weighted by molar-refractivity contribution is 5.99. The molecule has 0 fully saturated rings. The second-order valence-corrected chi connectivity index (χ2v) is 16.7. The van der Waals surface area contributed by atoms with Gasteiger partial charge in [-0.05, 0) is 82.6 Å². The molecule has 0 aliphatic carbocycles. The van der Waals surface area contributed by atoms with Crippen molar-refractivity contribution in [2.75, 3.05) is 0 Å². The van der Waals surface area contributed by atoms with Crippen LogP contribution in [0.4, 0.5) is 13.2 Å². The molecule has 0 saturated heterocycles. The van der Waals surface area contributed by atoms with Gasteiger partial charge in [0.25, 0.3) is 0 Å². The van der Waals surface area contributed by atoms with Gasteiger partial charge >= 0.3 is 24.1 Å². The van der Waals surface area contributed by atoms with Gasteiger partial charge in [0.05, 0.1) is 0 Å². The average Bonchev–Trinajstić information content (AvgIpc) is 3.90. The SMILES string of the molecule is Cc1nc2c(C(=O)O)c(OCc3ccccc3)cc(CCc3ccccc3)n2n1.Cc1nc2c(C(=O)OC(C)(C)C)c(OCc3ccccc3)cc(CCc3ccccc3)n2n1.O=C(O)C(F)(F)F. The number of carbonyl (C=O) groups excluding carboxylic acids is 1. The number of alkyl halides is 3. The van der Waals surface area contributed by atoms with E-state index in [0.29, 0.717) is 53.0 Å². The van der Waals surface area contributed by atoms with Crippen molar-refractivity contribution in [3.8, 4) is 11.5 Å². The number of aromatic carboxylic acids is 1. The second-order valence-electron chi connectivity index (χ2n) is 16.7. The third-order valence-corrected chi connectivity index (χ3v) is 10.1. The molecule has 0 atom stereocenters. The van der Waals surface area contributed by atoms with Gasteiger partial charge in [-0.25, -0.2) is 33.4 Å². The van der Waals surface area contributed by atoms with Crippen LogP contribution in [0.3, 0.4) is 0 Å². The van der Waals surface area contributed by atoms with Gasteiger partial charge in [-0.2, -0.15) is 23.4 Å². The third kappa shape index (κ3) is 14.2. The van der Waals surface area contributed by atoms with Crippen LogP contribution in [-0.2, 0) is 48.4 Å². The lowest BCUT2D eigenvalue weighted by Gasteiger charge is -2.21. The first kappa shape index (κ1) is 50.3. The normalized spacial score (nSPS) is 11.2. The van der Waals surface area contributed by atoms with Crippen molar-refractivity contribution >= 4 is 29.2 Å². The van der Waals surface area contributed by atoms with Gasteiger partial charge in [0, 0.05) is 23.5 Å². The number of benzene rings is 4. The van der Waals surface area contributed by atoms with Gasteiger partial charge in [0.1, 0.15) is 53.1 Å². The molecule has 0 aliphatic rings. The van der Waals surface area contributed by atoms with Crippen LogP contribution < -0.4 is 9.47 Å². The van der Waals surface area contributed by atoms with Crippen molar-refractivity contribution < 1.29 is 52.0 Å². The molecule has 69 heavy (non-hydrogen) atoms. The van der Waals surface area contributed by atoms with Crippen LogP contribution in [0.5, 0.6) is 11.5 Å². The van der Waals surface area contributed by atoms with E-state index in [1.54, 1.807) is 22.0 Å². The largest absolute Gasteiger partial charge is 0.490 e. The Hall–Kier alpha value is -8.08. The minimum absolute atomic E-state index is 0.0324. The number of halogens is 3. The van der Waals surface area contributed by atoms with E-state index in [1.807, 2.05) is 131 Å². The number of pyridine rings is 2. The molecule has 0 bridgehead atoms. The van der Waals surface area contributed by atoms with Crippen molar-refractivity contribution in [2.24, 2.45) is 0 Å². The van der Waals surface area contributed by atoms with Crippen LogP contribution in [0, 0.1) is 13.8 Å². The van der Waals surface area contributed by atoms with Crippen molar-refractivity contribution in [1.29, 1.82) is 0 Å². The maximum atomic E-state index is 13.2. The molecular formula is C52H51F3N6O8. The van der Waals surface area contributed by atoms with Gasteiger partial charge < -0.3 is 24.4 Å². The summed E-state index contributed by atoms with van der Waals surface area (Å²) < 4.78 is 52.9. The molecule has 358 valence electrons. The topological polar surface area (TPSA) is 180 Å². The lowest BCUT2D eigenvalue weighted by atomic mass is 10.1. The number of aryl methyl sites for hydroxylation is 6. The van der Waals surface area contributed by atoms with E-state index >= 15 is 0 Å². The van der Waals surface area contributed by atoms with Crippen LogP contribution in [0.1, 0.15) is 86.8 Å². The van der Waals surface area contributed by atoms with E-state index in [1.165, 1.54) is 11.1 Å². The monoisotopic (exact) mass is 944 g/mol. The Labute approximate surface area is 396 Å². The Morgan fingerprint density at radius 3 is 1.25 bits per heavy atom. The van der Waals surface area contributed by atoms with Gasteiger partial charge in [-0.3, -0.25) is 0 Å². The summed E-state index contributed by atoms with van der Waals surface area (Å²) in [6.07, 6.45) is -2.04. The van der Waals surface area contributed by atoms with Crippen LogP contribution in [0.25, 0.3) is 11.3 Å². The fraction of sp³-hybridized carbons (Fsp3) is 0.250. The molecule has 0 saturated carbocycles. The predicted molar refractivity (Wildman–Crippen MR) is 251 cm³/mol. The second kappa shape index (κ2) is 22.6. The summed E-state index contributed by atoms with van der Waals surface area (Å²) in [7, 11) is 0. The molecule has 0 unspecified atom stereocenters. The van der Waals surface area contributed by atoms with Crippen LogP contribution in [0.2, 0.25) is 0 Å². The number of hydrogen-bond donors (Lipinski definition) is 2. The fourth-order valence-corrected chi connectivity index (χ4v) is 6.95. The van der Waals surface area contributed by atoms with Gasteiger partial charge in [0.2, 0.25) is 0 Å². The molecule has 0 spiro atoms. The molecule has 4 aromatic carbocycles. The highest BCUT2D eigenvalue weighted by Gasteiger charge is 2.38. The standard InChI is InChI=1S/C27H29N3O3.C23H21N3O3.C2HF3O2/c1-19-28-25-24(26(31)33-27(2,3)4)23(32-18-21-13-9-6-10-14-21)17-22(30(25)29-19)16-15-20-11-7-5-8-12-20;1-16-24-22-21(23(27)28)20(29-15-18-10-6-3-7-11-18)14-19(26(22)25-16)13-12-17-8-4-2-5-9-17;3-2(4,5)1(6)7/h5-14,17H,15-16,18H2,1-4H3;2-11,14H,12-13,15H2,1H3,(H,27,28);(H,6,7). The van der Waals surface area contributed by atoms with E-state index in [4.69, 9.17) is 24.1 Å². The summed E-state index contributed by atoms with van der Waals surface area (Å²) >= 11 is 0. The van der Waals surface area contributed by atoms with Crippen molar-refractivity contribution in [1.82, 2.24) is 29.2 Å². The number of carboxylic acid groups (broad SMARTS) is 2. The van der Waals surface area contributed by atoms with Crippen LogP contribution in [0.15, 0.2) is 133 Å². The average molecular weight is 945 g/mol. The first-order chi connectivity index (χ1) is 32.9. The first-order valence-electron chi connectivity index (χ1n) is 21.8. The molecule has 0 aliphatic heterocycles. The van der Waals surface area contributed by atoms with Crippen molar-refractivity contribution in [2.45, 2.75) is 85.3 Å². The van der Waals surface area contributed by atoms with E-state index < -0.39 is 29.7 Å². The predicted octanol–water partition coefficient (Wildman–Crippen LogP) is 10.1. The maximum Gasteiger partial charge on any atom is 0.490 e. The number of rotatable bonds is 14. The smallest absolute Gasteiger partial charge is 0.488 e. The van der Waals surface area contributed by atoms with E-state index in [2.05, 4.69) is 44.4 Å². The quantitative estimate of drug-likeness (QED) is 0.0987. The molecule has 0 amide bonds. The molecule has 17 heteroatoms. The highest BCUT2D eigenvalue weighted by atomic mass is 19.4. The number of aromatic nitrogens is 6. The third-order valence-electron chi connectivity index (χ3n) is 10.1. The number of nitrogens with zero attached hydrogens (tertiary/aromatic N) is 6. The van der Waals surface area contributed by atoms with Gasteiger partial charge in [0.15, 0.2) is 11.3 Å². The molecular weight excluding hydrogens is 894 g/mol. The number of aliphatic carboxylic acids is 1. The van der Waals surface area contributed by atoms with Crippen LogP contribution >= 0.6 is 0 Å². The Morgan fingerprint density at radius 2 is 0.899 bits per heavy atom. The van der Waals surface area contributed by atoms with E-state index in [9.17, 15) is 27.9 Å². The summed E-state index contributed by atoms with van der Waals surface area (Å²) in [6, 6.07) is 43.6. The summed E-state index contributed by atoms with van der Waals surface area (Å²) in [4.78, 5) is 43.0. The Balaban J connectivity index is 0.000000201.